The number of nitrogens with one attached hydrogen (secondary N) is 1. The molecule has 4 nitrogen and oxygen atoms in total. The molecule has 70 valence electrons. The van der Waals surface area contributed by atoms with E-state index in [0.717, 1.165) is 6.21 Å². The average molecular weight is 187 g/mol. The van der Waals surface area contributed by atoms with Gasteiger partial charge in [-0.3, -0.25) is 0 Å². The molecule has 14 heavy (non-hydrogen) atoms. The SMILES string of the molecule is N#Cc1ccc(/C(C=N)=C/N)cc1O. The highest BCUT2D eigenvalue weighted by molar-refractivity contribution is 6.08. The topological polar surface area (TPSA) is 93.9 Å². The predicted molar refractivity (Wildman–Crippen MR) is 53.8 cm³/mol. The number of phenols is 1. The van der Waals surface area contributed by atoms with E-state index >= 15 is 0 Å². The lowest BCUT2D eigenvalue weighted by Crippen LogP contribution is -1.90. The first-order valence-corrected chi connectivity index (χ1v) is 3.88. The van der Waals surface area contributed by atoms with Crippen molar-refractivity contribution in [2.45, 2.75) is 0 Å². The van der Waals surface area contributed by atoms with Crippen LogP contribution in [0.15, 0.2) is 24.4 Å². The van der Waals surface area contributed by atoms with E-state index in [1.165, 1.54) is 18.3 Å². The number of allylic oxidation sites excluding steroid dienone is 1. The first-order valence-electron chi connectivity index (χ1n) is 3.88. The molecule has 0 atom stereocenters. The molecule has 0 fully saturated rings. The van der Waals surface area contributed by atoms with Gasteiger partial charge in [0, 0.05) is 18.0 Å². The van der Waals surface area contributed by atoms with Crippen LogP contribution in [0, 0.1) is 16.7 Å². The zero-order valence-electron chi connectivity index (χ0n) is 7.36. The van der Waals surface area contributed by atoms with Gasteiger partial charge in [0.15, 0.2) is 0 Å². The van der Waals surface area contributed by atoms with Crippen molar-refractivity contribution in [1.82, 2.24) is 0 Å². The minimum Gasteiger partial charge on any atom is -0.507 e. The maximum absolute atomic E-state index is 9.37. The molecule has 0 radical (unpaired) electrons. The Labute approximate surface area is 81.4 Å². The zero-order chi connectivity index (χ0) is 10.6. The fourth-order valence-corrected chi connectivity index (χ4v) is 1.03. The molecule has 0 bridgehead atoms. The van der Waals surface area contributed by atoms with Crippen molar-refractivity contribution in [3.05, 3.63) is 35.5 Å². The van der Waals surface area contributed by atoms with Crippen molar-refractivity contribution in [1.29, 1.82) is 10.7 Å². The van der Waals surface area contributed by atoms with Crippen LogP contribution in [0.5, 0.6) is 5.75 Å². The second kappa shape index (κ2) is 4.10. The number of aromatic hydroxyl groups is 1. The van der Waals surface area contributed by atoms with E-state index in [1.54, 1.807) is 6.07 Å². The Bertz CT molecular complexity index is 429. The van der Waals surface area contributed by atoms with Gasteiger partial charge in [-0.15, -0.1) is 0 Å². The minimum absolute atomic E-state index is 0.105. The highest BCUT2D eigenvalue weighted by Gasteiger charge is 2.03. The lowest BCUT2D eigenvalue weighted by molar-refractivity contribution is 0.473. The Balaban J connectivity index is 3.22. The first kappa shape index (κ1) is 9.81. The molecule has 1 aromatic carbocycles. The summed E-state index contributed by atoms with van der Waals surface area (Å²) in [5.41, 5.74) is 6.58. The molecule has 1 aromatic rings. The summed E-state index contributed by atoms with van der Waals surface area (Å²) in [4.78, 5) is 0. The third-order valence-corrected chi connectivity index (χ3v) is 1.79. The number of benzene rings is 1. The lowest BCUT2D eigenvalue weighted by Gasteiger charge is -2.02. The molecule has 0 aliphatic heterocycles. The van der Waals surface area contributed by atoms with Gasteiger partial charge in [-0.25, -0.2) is 0 Å². The molecule has 0 aromatic heterocycles. The van der Waals surface area contributed by atoms with E-state index in [-0.39, 0.29) is 11.3 Å². The molecule has 0 spiro atoms. The number of rotatable bonds is 2. The third kappa shape index (κ3) is 1.72. The number of phenolic OH excluding ortho intramolecular Hbond substituents is 1. The van der Waals surface area contributed by atoms with Crippen molar-refractivity contribution in [2.24, 2.45) is 5.73 Å². The molecule has 0 amide bonds. The molecule has 0 unspecified atom stereocenters. The summed E-state index contributed by atoms with van der Waals surface area (Å²) in [6, 6.07) is 6.36. The van der Waals surface area contributed by atoms with Crippen LogP contribution in [0.25, 0.3) is 5.57 Å². The lowest BCUT2D eigenvalue weighted by atomic mass is 10.1. The number of nitrogens with zero attached hydrogens (tertiary/aromatic N) is 1. The van der Waals surface area contributed by atoms with Gasteiger partial charge < -0.3 is 16.2 Å². The van der Waals surface area contributed by atoms with E-state index in [4.69, 9.17) is 16.4 Å². The smallest absolute Gasteiger partial charge is 0.133 e. The number of nitriles is 1. The van der Waals surface area contributed by atoms with Crippen molar-refractivity contribution < 1.29 is 5.11 Å². The molecule has 4 N–H and O–H groups in total. The van der Waals surface area contributed by atoms with Crippen LogP contribution in [0.1, 0.15) is 11.1 Å². The second-order valence-electron chi connectivity index (χ2n) is 2.61. The molecule has 0 heterocycles. The zero-order valence-corrected chi connectivity index (χ0v) is 7.36. The molecule has 0 saturated heterocycles. The number of hydrogen-bond donors (Lipinski definition) is 3. The Morgan fingerprint density at radius 2 is 2.29 bits per heavy atom. The molecular formula is C10H9N3O. The van der Waals surface area contributed by atoms with Crippen LogP contribution < -0.4 is 5.73 Å². The number of nitrogens with two attached hydrogens (primary N) is 1. The van der Waals surface area contributed by atoms with E-state index in [2.05, 4.69) is 0 Å². The van der Waals surface area contributed by atoms with E-state index in [0.29, 0.717) is 11.1 Å². The normalized spacial score (nSPS) is 10.6. The van der Waals surface area contributed by atoms with Gasteiger partial charge in [0.1, 0.15) is 11.8 Å². The quantitative estimate of drug-likeness (QED) is 0.607. The fourth-order valence-electron chi connectivity index (χ4n) is 1.03. The van der Waals surface area contributed by atoms with Gasteiger partial charge in [0.25, 0.3) is 0 Å². The third-order valence-electron chi connectivity index (χ3n) is 1.79. The molecule has 0 aliphatic rings. The van der Waals surface area contributed by atoms with Crippen molar-refractivity contribution in [2.75, 3.05) is 0 Å². The largest absolute Gasteiger partial charge is 0.507 e. The molecule has 1 rings (SSSR count). The fraction of sp³-hybridized carbons (Fsp3) is 0. The van der Waals surface area contributed by atoms with Crippen molar-refractivity contribution in [3.63, 3.8) is 0 Å². The summed E-state index contributed by atoms with van der Waals surface area (Å²) in [6.45, 7) is 0. The summed E-state index contributed by atoms with van der Waals surface area (Å²) in [6.07, 6.45) is 2.36. The number of hydrogen-bond acceptors (Lipinski definition) is 4. The summed E-state index contributed by atoms with van der Waals surface area (Å²) in [5.74, 6) is -0.105. The molecule has 4 heteroatoms. The Morgan fingerprint density at radius 3 is 2.71 bits per heavy atom. The van der Waals surface area contributed by atoms with Gasteiger partial charge in [-0.05, 0) is 17.7 Å². The van der Waals surface area contributed by atoms with Gasteiger partial charge in [-0.1, -0.05) is 6.07 Å². The van der Waals surface area contributed by atoms with Crippen LogP contribution in [0.2, 0.25) is 0 Å². The van der Waals surface area contributed by atoms with Crippen molar-refractivity contribution in [3.8, 4) is 11.8 Å². The van der Waals surface area contributed by atoms with Gasteiger partial charge in [0.2, 0.25) is 0 Å². The molecule has 0 saturated carbocycles. The highest BCUT2D eigenvalue weighted by Crippen LogP contribution is 2.21. The molecular weight excluding hydrogens is 178 g/mol. The highest BCUT2D eigenvalue weighted by atomic mass is 16.3. The maximum atomic E-state index is 9.37. The predicted octanol–water partition coefficient (Wildman–Crippen LogP) is 1.21. The van der Waals surface area contributed by atoms with Gasteiger partial charge in [-0.2, -0.15) is 5.26 Å². The van der Waals surface area contributed by atoms with Crippen molar-refractivity contribution >= 4 is 11.8 Å². The average Bonchev–Trinajstić information content (AvgIpc) is 2.20. The monoisotopic (exact) mass is 187 g/mol. The van der Waals surface area contributed by atoms with Gasteiger partial charge >= 0.3 is 0 Å². The van der Waals surface area contributed by atoms with E-state index < -0.39 is 0 Å². The van der Waals surface area contributed by atoms with E-state index in [9.17, 15) is 5.11 Å². The van der Waals surface area contributed by atoms with Crippen LogP contribution in [0.4, 0.5) is 0 Å². The van der Waals surface area contributed by atoms with Crippen LogP contribution in [0.3, 0.4) is 0 Å². The summed E-state index contributed by atoms with van der Waals surface area (Å²) in [7, 11) is 0. The second-order valence-corrected chi connectivity index (χ2v) is 2.61. The summed E-state index contributed by atoms with van der Waals surface area (Å²) in [5, 5.41) is 25.0. The summed E-state index contributed by atoms with van der Waals surface area (Å²) >= 11 is 0. The minimum atomic E-state index is -0.105. The molecule has 0 aliphatic carbocycles. The van der Waals surface area contributed by atoms with E-state index in [1.807, 2.05) is 6.07 Å². The Morgan fingerprint density at radius 1 is 1.57 bits per heavy atom. The first-order chi connectivity index (χ1) is 6.72. The van der Waals surface area contributed by atoms with Crippen LogP contribution in [-0.2, 0) is 0 Å². The van der Waals surface area contributed by atoms with Crippen LogP contribution >= 0.6 is 0 Å². The van der Waals surface area contributed by atoms with Crippen LogP contribution in [-0.4, -0.2) is 11.3 Å². The maximum Gasteiger partial charge on any atom is 0.133 e. The Kier molecular flexibility index (Phi) is 2.87. The standard InChI is InChI=1S/C10H9N3O/c11-4-8-2-1-7(3-10(8)14)9(5-12)6-13/h1-3,5-6,12,14H,13H2/b9-6+,12-5?. The summed E-state index contributed by atoms with van der Waals surface area (Å²) < 4.78 is 0. The van der Waals surface area contributed by atoms with Gasteiger partial charge in [0.05, 0.1) is 5.56 Å². The Hall–Kier alpha value is -2.28.